The predicted octanol–water partition coefficient (Wildman–Crippen LogP) is 5.39. The molecule has 1 aliphatic rings. The summed E-state index contributed by atoms with van der Waals surface area (Å²) in [7, 11) is 5.78. The molecule has 2 aromatic rings. The van der Waals surface area contributed by atoms with E-state index in [1.54, 1.807) is 25.1 Å². The number of benzene rings is 2. The van der Waals surface area contributed by atoms with E-state index < -0.39 is 10.9 Å². The van der Waals surface area contributed by atoms with E-state index in [9.17, 15) is 13.2 Å². The summed E-state index contributed by atoms with van der Waals surface area (Å²) < 4.78 is 43.9. The molecule has 0 aliphatic carbocycles. The van der Waals surface area contributed by atoms with Gasteiger partial charge in [0.15, 0.2) is 4.75 Å². The summed E-state index contributed by atoms with van der Waals surface area (Å²) in [5, 5.41) is 0.312. The predicted molar refractivity (Wildman–Crippen MR) is 99.5 cm³/mol. The zero-order chi connectivity index (χ0) is 18.4. The minimum atomic E-state index is -4.53. The van der Waals surface area contributed by atoms with Crippen LogP contribution in [0.2, 0.25) is 10.0 Å². The van der Waals surface area contributed by atoms with Crippen LogP contribution in [0, 0.1) is 6.92 Å². The van der Waals surface area contributed by atoms with Gasteiger partial charge in [-0.15, -0.1) is 0 Å². The molecule has 0 N–H and O–H groups in total. The second-order valence-corrected chi connectivity index (χ2v) is 7.80. The lowest BCUT2D eigenvalue weighted by molar-refractivity contribution is -0.159. The van der Waals surface area contributed by atoms with Crippen LogP contribution in [-0.2, 0) is 4.75 Å². The van der Waals surface area contributed by atoms with Gasteiger partial charge in [-0.2, -0.15) is 13.2 Å². The average molecular weight is 400 g/mol. The van der Waals surface area contributed by atoms with Gasteiger partial charge in [0.05, 0.1) is 5.71 Å². The van der Waals surface area contributed by atoms with Crippen molar-refractivity contribution >= 4 is 54.2 Å². The van der Waals surface area contributed by atoms with Crippen molar-refractivity contribution in [3.05, 3.63) is 63.1 Å². The Kier molecular flexibility index (Phi) is 4.90. The molecule has 1 aliphatic heterocycles. The number of alkyl halides is 3. The van der Waals surface area contributed by atoms with E-state index in [2.05, 4.69) is 4.40 Å². The van der Waals surface area contributed by atoms with Gasteiger partial charge in [-0.25, -0.2) is 4.40 Å². The average Bonchev–Trinajstić information content (AvgIpc) is 2.95. The van der Waals surface area contributed by atoms with Crippen LogP contribution in [-0.4, -0.2) is 19.7 Å². The molecule has 1 nitrogen and oxygen atoms in total. The molecule has 1 atom stereocenters. The molecule has 1 unspecified atom stereocenters. The van der Waals surface area contributed by atoms with Crippen LogP contribution in [0.4, 0.5) is 13.2 Å². The van der Waals surface area contributed by atoms with Crippen molar-refractivity contribution in [1.82, 2.24) is 0 Å². The fourth-order valence-electron chi connectivity index (χ4n) is 2.70. The summed E-state index contributed by atoms with van der Waals surface area (Å²) in [5.41, 5.74) is 2.35. The monoisotopic (exact) mass is 399 g/mol. The van der Waals surface area contributed by atoms with E-state index >= 15 is 0 Å². The lowest BCUT2D eigenvalue weighted by Gasteiger charge is -2.30. The van der Waals surface area contributed by atoms with Gasteiger partial charge >= 0.3 is 6.18 Å². The smallest absolute Gasteiger partial charge is 0.219 e. The number of aryl methyl sites for hydroxylation is 1. The van der Waals surface area contributed by atoms with Crippen LogP contribution < -0.4 is 5.46 Å². The first-order chi connectivity index (χ1) is 11.6. The number of nitrogens with zero attached hydrogens (tertiary/aromatic N) is 1. The van der Waals surface area contributed by atoms with Gasteiger partial charge in [-0.05, 0) is 48.2 Å². The normalized spacial score (nSPS) is 20.6. The van der Waals surface area contributed by atoms with Crippen LogP contribution in [0.5, 0.6) is 0 Å². The van der Waals surface area contributed by atoms with Gasteiger partial charge < -0.3 is 0 Å². The highest BCUT2D eigenvalue weighted by molar-refractivity contribution is 7.99. The van der Waals surface area contributed by atoms with Gasteiger partial charge in [-0.3, -0.25) is 0 Å². The van der Waals surface area contributed by atoms with Crippen molar-refractivity contribution in [2.75, 3.05) is 0 Å². The number of hydrogen-bond acceptors (Lipinski definition) is 2. The van der Waals surface area contributed by atoms with Gasteiger partial charge in [0, 0.05) is 16.5 Å². The second kappa shape index (κ2) is 6.56. The second-order valence-electron chi connectivity index (χ2n) is 5.86. The molecular formula is C17H11BCl2F3NS. The van der Waals surface area contributed by atoms with E-state index in [4.69, 9.17) is 31.0 Å². The van der Waals surface area contributed by atoms with Crippen molar-refractivity contribution in [1.29, 1.82) is 0 Å². The SMILES string of the molecule is [B]c1ccc(C2=NSC(c3cc(Cl)cc(Cl)c3)(C(F)(F)F)C2)cc1C. The standard InChI is InChI=1S/C17H11BCl2F3NS/c1-9-4-10(2-3-14(9)18)15-8-16(25-24-15,17(21,22)23)11-5-12(19)7-13(20)6-11/h2-7H,8H2,1H3. The Balaban J connectivity index is 2.04. The molecule has 0 fully saturated rings. The van der Waals surface area contributed by atoms with Gasteiger partial charge in [-0.1, -0.05) is 52.4 Å². The van der Waals surface area contributed by atoms with Gasteiger partial charge in [0.25, 0.3) is 0 Å². The minimum absolute atomic E-state index is 0.00610. The zero-order valence-electron chi connectivity index (χ0n) is 13.0. The lowest BCUT2D eigenvalue weighted by Crippen LogP contribution is -2.38. The Morgan fingerprint density at radius 1 is 1.12 bits per heavy atom. The van der Waals surface area contributed by atoms with Crippen LogP contribution in [0.3, 0.4) is 0 Å². The Hall–Kier alpha value is -1.11. The van der Waals surface area contributed by atoms with Crippen molar-refractivity contribution in [3.8, 4) is 0 Å². The molecule has 8 heteroatoms. The minimum Gasteiger partial charge on any atom is -0.219 e. The van der Waals surface area contributed by atoms with E-state index in [0.29, 0.717) is 28.7 Å². The van der Waals surface area contributed by atoms with Crippen molar-refractivity contribution in [3.63, 3.8) is 0 Å². The van der Waals surface area contributed by atoms with Crippen molar-refractivity contribution < 1.29 is 13.2 Å². The summed E-state index contributed by atoms with van der Waals surface area (Å²) in [4.78, 5) is 0. The molecule has 2 aromatic carbocycles. The van der Waals surface area contributed by atoms with Gasteiger partial charge in [0.2, 0.25) is 0 Å². The summed E-state index contributed by atoms with van der Waals surface area (Å²) in [5.74, 6) is 0. The maximum absolute atomic E-state index is 14.0. The molecule has 0 aromatic heterocycles. The molecule has 0 amide bonds. The third-order valence-electron chi connectivity index (χ3n) is 4.12. The van der Waals surface area contributed by atoms with E-state index in [-0.39, 0.29) is 22.0 Å². The Morgan fingerprint density at radius 3 is 2.32 bits per heavy atom. The number of hydrogen-bond donors (Lipinski definition) is 0. The first-order valence-corrected chi connectivity index (χ1v) is 8.80. The largest absolute Gasteiger partial charge is 0.409 e. The summed E-state index contributed by atoms with van der Waals surface area (Å²) in [6.07, 6.45) is -4.83. The fraction of sp³-hybridized carbons (Fsp3) is 0.235. The van der Waals surface area contributed by atoms with Crippen molar-refractivity contribution in [2.45, 2.75) is 24.3 Å². The third kappa shape index (κ3) is 3.44. The summed E-state index contributed by atoms with van der Waals surface area (Å²) in [6.45, 7) is 1.80. The quantitative estimate of drug-likeness (QED) is 0.486. The fourth-order valence-corrected chi connectivity index (χ4v) is 4.19. The molecule has 0 bridgehead atoms. The molecular weight excluding hydrogens is 389 g/mol. The number of halogens is 5. The van der Waals surface area contributed by atoms with Crippen LogP contribution in [0.1, 0.15) is 23.1 Å². The van der Waals surface area contributed by atoms with E-state index in [0.717, 1.165) is 5.56 Å². The van der Waals surface area contributed by atoms with Crippen LogP contribution in [0.15, 0.2) is 40.8 Å². The highest BCUT2D eigenvalue weighted by Gasteiger charge is 2.60. The molecule has 1 heterocycles. The summed E-state index contributed by atoms with van der Waals surface area (Å²) in [6, 6.07) is 9.08. The lowest BCUT2D eigenvalue weighted by atomic mass is 9.86. The molecule has 25 heavy (non-hydrogen) atoms. The molecule has 3 rings (SSSR count). The molecule has 0 saturated heterocycles. The van der Waals surface area contributed by atoms with E-state index in [1.165, 1.54) is 18.2 Å². The molecule has 128 valence electrons. The first kappa shape index (κ1) is 18.7. The summed E-state index contributed by atoms with van der Waals surface area (Å²) >= 11 is 12.3. The van der Waals surface area contributed by atoms with Crippen LogP contribution >= 0.6 is 35.1 Å². The van der Waals surface area contributed by atoms with E-state index in [1.807, 2.05) is 0 Å². The maximum atomic E-state index is 14.0. The molecule has 0 saturated carbocycles. The number of rotatable bonds is 2. The highest BCUT2D eigenvalue weighted by atomic mass is 35.5. The molecule has 0 spiro atoms. The third-order valence-corrected chi connectivity index (χ3v) is 5.79. The first-order valence-electron chi connectivity index (χ1n) is 7.27. The van der Waals surface area contributed by atoms with Crippen LogP contribution in [0.25, 0.3) is 0 Å². The Bertz CT molecular complexity index is 849. The highest BCUT2D eigenvalue weighted by Crippen LogP contribution is 2.57. The zero-order valence-corrected chi connectivity index (χ0v) is 15.3. The Labute approximate surface area is 159 Å². The van der Waals surface area contributed by atoms with Crippen molar-refractivity contribution in [2.24, 2.45) is 4.40 Å². The topological polar surface area (TPSA) is 12.4 Å². The Morgan fingerprint density at radius 2 is 1.76 bits per heavy atom. The maximum Gasteiger partial charge on any atom is 0.409 e. The molecule has 2 radical (unpaired) electrons. The van der Waals surface area contributed by atoms with Gasteiger partial charge in [0.1, 0.15) is 7.85 Å².